The SMILES string of the molecule is CC(C)CN1C(=O)C2(CCNCC2)C1c1ccccc1. The summed E-state index contributed by atoms with van der Waals surface area (Å²) in [7, 11) is 0. The number of benzene rings is 1. The van der Waals surface area contributed by atoms with Gasteiger partial charge in [0.05, 0.1) is 11.5 Å². The Bertz CT molecular complexity index is 477. The number of rotatable bonds is 3. The molecule has 0 radical (unpaired) electrons. The van der Waals surface area contributed by atoms with Crippen LogP contribution in [0.4, 0.5) is 0 Å². The van der Waals surface area contributed by atoms with Crippen LogP contribution in [0.25, 0.3) is 0 Å². The number of amides is 1. The summed E-state index contributed by atoms with van der Waals surface area (Å²) in [5.41, 5.74) is 1.16. The molecule has 2 fully saturated rings. The number of hydrogen-bond acceptors (Lipinski definition) is 2. The third kappa shape index (κ3) is 2.05. The Hall–Kier alpha value is -1.35. The lowest BCUT2D eigenvalue weighted by Gasteiger charge is -2.58. The van der Waals surface area contributed by atoms with Crippen LogP contribution in [0.1, 0.15) is 38.3 Å². The highest BCUT2D eigenvalue weighted by Crippen LogP contribution is 2.55. The first kappa shape index (κ1) is 13.6. The zero-order chi connectivity index (χ0) is 14.2. The molecule has 1 aromatic carbocycles. The van der Waals surface area contributed by atoms with E-state index in [4.69, 9.17) is 0 Å². The maximum Gasteiger partial charge on any atom is 0.231 e. The summed E-state index contributed by atoms with van der Waals surface area (Å²) in [6.45, 7) is 7.16. The molecular formula is C17H24N2O. The molecule has 2 aliphatic rings. The molecule has 0 aromatic heterocycles. The first-order chi connectivity index (χ1) is 9.65. The predicted octanol–water partition coefficient (Wildman–Crippen LogP) is 2.60. The topological polar surface area (TPSA) is 32.3 Å². The smallest absolute Gasteiger partial charge is 0.231 e. The van der Waals surface area contributed by atoms with Crippen molar-refractivity contribution >= 4 is 5.91 Å². The van der Waals surface area contributed by atoms with Gasteiger partial charge in [0, 0.05) is 6.54 Å². The van der Waals surface area contributed by atoms with Crippen LogP contribution in [0, 0.1) is 11.3 Å². The molecule has 0 saturated carbocycles. The van der Waals surface area contributed by atoms with Gasteiger partial charge >= 0.3 is 0 Å². The average Bonchev–Trinajstić information content (AvgIpc) is 2.48. The van der Waals surface area contributed by atoms with Crippen molar-refractivity contribution in [2.75, 3.05) is 19.6 Å². The molecule has 0 aliphatic carbocycles. The van der Waals surface area contributed by atoms with Crippen molar-refractivity contribution < 1.29 is 4.79 Å². The Morgan fingerprint density at radius 1 is 1.25 bits per heavy atom. The van der Waals surface area contributed by atoms with Gasteiger partial charge < -0.3 is 10.2 Å². The highest BCUT2D eigenvalue weighted by Gasteiger charge is 2.60. The second-order valence-corrected chi connectivity index (χ2v) is 6.57. The predicted molar refractivity (Wildman–Crippen MR) is 80.3 cm³/mol. The van der Waals surface area contributed by atoms with Crippen LogP contribution < -0.4 is 5.32 Å². The first-order valence-electron chi connectivity index (χ1n) is 7.72. The lowest BCUT2D eigenvalue weighted by molar-refractivity contribution is -0.178. The van der Waals surface area contributed by atoms with Gasteiger partial charge in [-0.3, -0.25) is 4.79 Å². The second-order valence-electron chi connectivity index (χ2n) is 6.57. The highest BCUT2D eigenvalue weighted by atomic mass is 16.2. The third-order valence-corrected chi connectivity index (χ3v) is 4.69. The van der Waals surface area contributed by atoms with Crippen molar-refractivity contribution in [2.24, 2.45) is 11.3 Å². The zero-order valence-electron chi connectivity index (χ0n) is 12.4. The monoisotopic (exact) mass is 272 g/mol. The number of piperidine rings is 1. The van der Waals surface area contributed by atoms with Gasteiger partial charge in [0.2, 0.25) is 5.91 Å². The van der Waals surface area contributed by atoms with E-state index in [0.29, 0.717) is 11.8 Å². The summed E-state index contributed by atoms with van der Waals surface area (Å²) in [4.78, 5) is 14.9. The van der Waals surface area contributed by atoms with Gasteiger partial charge in [-0.25, -0.2) is 0 Å². The van der Waals surface area contributed by atoms with Crippen LogP contribution in [-0.2, 0) is 4.79 Å². The van der Waals surface area contributed by atoms with Crippen molar-refractivity contribution in [2.45, 2.75) is 32.7 Å². The number of nitrogens with zero attached hydrogens (tertiary/aromatic N) is 1. The Morgan fingerprint density at radius 3 is 2.50 bits per heavy atom. The summed E-state index contributed by atoms with van der Waals surface area (Å²) in [6, 6.07) is 10.8. The molecule has 108 valence electrons. The van der Waals surface area contributed by atoms with E-state index in [1.807, 2.05) is 6.07 Å². The summed E-state index contributed by atoms with van der Waals surface area (Å²) in [5, 5.41) is 3.39. The largest absolute Gasteiger partial charge is 0.334 e. The van der Waals surface area contributed by atoms with Crippen LogP contribution in [0.5, 0.6) is 0 Å². The van der Waals surface area contributed by atoms with Gasteiger partial charge in [-0.2, -0.15) is 0 Å². The van der Waals surface area contributed by atoms with E-state index in [-0.39, 0.29) is 11.5 Å². The molecule has 1 unspecified atom stereocenters. The van der Waals surface area contributed by atoms with E-state index in [1.54, 1.807) is 0 Å². The Kier molecular flexibility index (Phi) is 3.55. The van der Waals surface area contributed by atoms with E-state index in [0.717, 1.165) is 32.5 Å². The van der Waals surface area contributed by atoms with Crippen LogP contribution in [0.2, 0.25) is 0 Å². The highest BCUT2D eigenvalue weighted by molar-refractivity contribution is 5.91. The molecule has 3 rings (SSSR count). The van der Waals surface area contributed by atoms with Crippen molar-refractivity contribution in [3.05, 3.63) is 35.9 Å². The number of carbonyl (C=O) groups excluding carboxylic acids is 1. The molecule has 2 aliphatic heterocycles. The molecule has 0 bridgehead atoms. The minimum atomic E-state index is -0.137. The molecule has 1 spiro atoms. The fraction of sp³-hybridized carbons (Fsp3) is 0.588. The molecular weight excluding hydrogens is 248 g/mol. The van der Waals surface area contributed by atoms with Gasteiger partial charge in [-0.1, -0.05) is 44.2 Å². The minimum absolute atomic E-state index is 0.137. The maximum atomic E-state index is 12.8. The Labute approximate surface area is 121 Å². The summed E-state index contributed by atoms with van der Waals surface area (Å²) < 4.78 is 0. The van der Waals surface area contributed by atoms with Gasteiger partial charge in [0.1, 0.15) is 0 Å². The molecule has 1 aromatic rings. The van der Waals surface area contributed by atoms with Crippen LogP contribution >= 0.6 is 0 Å². The molecule has 1 atom stereocenters. The number of likely N-dealkylation sites (tertiary alicyclic amines) is 1. The van der Waals surface area contributed by atoms with E-state index in [1.165, 1.54) is 5.56 Å². The van der Waals surface area contributed by atoms with E-state index < -0.39 is 0 Å². The molecule has 20 heavy (non-hydrogen) atoms. The lowest BCUT2D eigenvalue weighted by Crippen LogP contribution is -2.66. The molecule has 2 saturated heterocycles. The number of β-lactam (4-membered cyclic amide) rings is 1. The van der Waals surface area contributed by atoms with Gasteiger partial charge in [0.25, 0.3) is 0 Å². The molecule has 2 heterocycles. The zero-order valence-corrected chi connectivity index (χ0v) is 12.4. The lowest BCUT2D eigenvalue weighted by atomic mass is 9.62. The minimum Gasteiger partial charge on any atom is -0.334 e. The number of nitrogens with one attached hydrogen (secondary N) is 1. The Balaban J connectivity index is 1.92. The summed E-state index contributed by atoms with van der Waals surface area (Å²) in [6.07, 6.45) is 1.94. The second kappa shape index (κ2) is 5.21. The first-order valence-corrected chi connectivity index (χ1v) is 7.72. The third-order valence-electron chi connectivity index (χ3n) is 4.69. The van der Waals surface area contributed by atoms with Crippen molar-refractivity contribution in [1.29, 1.82) is 0 Å². The summed E-state index contributed by atoms with van der Waals surface area (Å²) in [5.74, 6) is 0.894. The van der Waals surface area contributed by atoms with Crippen molar-refractivity contribution in [3.63, 3.8) is 0 Å². The number of hydrogen-bond donors (Lipinski definition) is 1. The summed E-state index contributed by atoms with van der Waals surface area (Å²) >= 11 is 0. The molecule has 1 N–H and O–H groups in total. The number of carbonyl (C=O) groups is 1. The van der Waals surface area contributed by atoms with Gasteiger partial charge in [0.15, 0.2) is 0 Å². The average molecular weight is 272 g/mol. The molecule has 3 nitrogen and oxygen atoms in total. The van der Waals surface area contributed by atoms with Crippen LogP contribution in [0.3, 0.4) is 0 Å². The maximum absolute atomic E-state index is 12.8. The van der Waals surface area contributed by atoms with E-state index >= 15 is 0 Å². The van der Waals surface area contributed by atoms with E-state index in [9.17, 15) is 4.79 Å². The van der Waals surface area contributed by atoms with E-state index in [2.05, 4.69) is 48.3 Å². The standard InChI is InChI=1S/C17H24N2O/c1-13(2)12-19-15(14-6-4-3-5-7-14)17(16(19)20)8-10-18-11-9-17/h3-7,13,15,18H,8-12H2,1-2H3. The molecule has 3 heteroatoms. The molecule has 1 amide bonds. The van der Waals surface area contributed by atoms with Gasteiger partial charge in [-0.15, -0.1) is 0 Å². The van der Waals surface area contributed by atoms with Crippen LogP contribution in [0.15, 0.2) is 30.3 Å². The van der Waals surface area contributed by atoms with Crippen molar-refractivity contribution in [3.8, 4) is 0 Å². The van der Waals surface area contributed by atoms with Crippen LogP contribution in [-0.4, -0.2) is 30.4 Å². The van der Waals surface area contributed by atoms with Gasteiger partial charge in [-0.05, 0) is 37.4 Å². The fourth-order valence-electron chi connectivity index (χ4n) is 3.83. The van der Waals surface area contributed by atoms with Crippen molar-refractivity contribution in [1.82, 2.24) is 10.2 Å². The normalized spacial score (nSPS) is 25.1. The fourth-order valence-corrected chi connectivity index (χ4v) is 3.83. The quantitative estimate of drug-likeness (QED) is 0.858. The Morgan fingerprint density at radius 2 is 1.90 bits per heavy atom.